The standard InChI is InChI=1S/C37H48N4O5.CH3NO2/c1-25(2)34(41-20-12-19-38-37(41)45)36(44)39-30(21-28-15-7-5-8-16-28)23-32(42)31(22-29-17-9-6-10-18-29)40-33(43)24-46-35-26(3)13-11-14-27(35)4;2-1(3)4/h5-11,13-18,25,30-32,34,42H,12,19-24H2,1-4H3,(H,38,45)(H,39,44)(H,40,43);2H2,(H,3,4)/t30-,31-,32-,34-;/m0./s1. The molecule has 3 aromatic carbocycles. The highest BCUT2D eigenvalue weighted by molar-refractivity contribution is 5.87. The quantitative estimate of drug-likeness (QED) is 0.140. The summed E-state index contributed by atoms with van der Waals surface area (Å²) in [6.07, 6.45) is -0.502. The Morgan fingerprint density at radius 1 is 0.900 bits per heavy atom. The van der Waals surface area contributed by atoms with Crippen molar-refractivity contribution in [2.24, 2.45) is 11.7 Å². The van der Waals surface area contributed by atoms with E-state index in [-0.39, 0.29) is 36.8 Å². The zero-order valence-corrected chi connectivity index (χ0v) is 29.3. The molecule has 0 aromatic heterocycles. The van der Waals surface area contributed by atoms with E-state index in [0.29, 0.717) is 31.7 Å². The number of primary amides is 1. The molecule has 0 spiro atoms. The molecule has 0 saturated carbocycles. The number of aliphatic hydroxyl groups excluding tert-OH is 1. The van der Waals surface area contributed by atoms with E-state index < -0.39 is 30.3 Å². The van der Waals surface area contributed by atoms with Crippen LogP contribution >= 0.6 is 0 Å². The van der Waals surface area contributed by atoms with Crippen molar-refractivity contribution in [2.75, 3.05) is 19.7 Å². The number of rotatable bonds is 15. The number of carbonyl (C=O) groups excluding carboxylic acids is 3. The molecule has 12 heteroatoms. The minimum absolute atomic E-state index is 0.117. The van der Waals surface area contributed by atoms with E-state index in [9.17, 15) is 19.5 Å². The number of aliphatic hydroxyl groups is 1. The van der Waals surface area contributed by atoms with Crippen LogP contribution in [-0.4, -0.2) is 83.0 Å². The van der Waals surface area contributed by atoms with E-state index in [1.807, 2.05) is 107 Å². The van der Waals surface area contributed by atoms with Gasteiger partial charge in [-0.2, -0.15) is 0 Å². The Hall–Kier alpha value is -5.10. The summed E-state index contributed by atoms with van der Waals surface area (Å²) in [7, 11) is 0. The maximum absolute atomic E-state index is 13.8. The Kier molecular flexibility index (Phi) is 15.6. The monoisotopic (exact) mass is 689 g/mol. The zero-order valence-electron chi connectivity index (χ0n) is 29.3. The normalized spacial score (nSPS) is 15.0. The molecule has 1 saturated heterocycles. The molecule has 0 aliphatic carbocycles. The molecular formula is C38H51N5O7. The third-order valence-corrected chi connectivity index (χ3v) is 8.41. The first-order chi connectivity index (χ1) is 23.8. The summed E-state index contributed by atoms with van der Waals surface area (Å²) in [5, 5.41) is 27.9. The van der Waals surface area contributed by atoms with Crippen LogP contribution < -0.4 is 26.4 Å². The second-order valence-electron chi connectivity index (χ2n) is 12.9. The van der Waals surface area contributed by atoms with Crippen LogP contribution in [0.4, 0.5) is 9.59 Å². The van der Waals surface area contributed by atoms with Gasteiger partial charge in [-0.3, -0.25) is 9.59 Å². The van der Waals surface area contributed by atoms with Gasteiger partial charge in [-0.1, -0.05) is 92.7 Å². The molecule has 50 heavy (non-hydrogen) atoms. The summed E-state index contributed by atoms with van der Waals surface area (Å²) in [5.41, 5.74) is 7.87. The van der Waals surface area contributed by atoms with E-state index in [4.69, 9.17) is 14.6 Å². The molecule has 4 rings (SSSR count). The predicted octanol–water partition coefficient (Wildman–Crippen LogP) is 3.95. The SMILES string of the molecule is Cc1cccc(C)c1OCC(=O)N[C@@H](Cc1ccccc1)[C@@H](O)C[C@H](Cc1ccccc1)NC(=O)[C@H](C(C)C)N1CCCNC1=O.NC(=O)O. The number of nitrogens with zero attached hydrogens (tertiary/aromatic N) is 1. The fraction of sp³-hybridized carbons (Fsp3) is 0.421. The molecule has 12 nitrogen and oxygen atoms in total. The number of carboxylic acid groups (broad SMARTS) is 1. The minimum atomic E-state index is -1.33. The molecule has 4 atom stereocenters. The Morgan fingerprint density at radius 3 is 2.00 bits per heavy atom. The molecule has 1 aliphatic rings. The zero-order chi connectivity index (χ0) is 36.6. The third kappa shape index (κ3) is 12.7. The summed E-state index contributed by atoms with van der Waals surface area (Å²) in [5.74, 6) is -0.0493. The smallest absolute Gasteiger partial charge is 0.402 e. The highest BCUT2D eigenvalue weighted by Crippen LogP contribution is 2.22. The largest absolute Gasteiger partial charge is 0.483 e. The second-order valence-corrected chi connectivity index (χ2v) is 12.9. The summed E-state index contributed by atoms with van der Waals surface area (Å²) in [6.45, 7) is 8.63. The van der Waals surface area contributed by atoms with Crippen molar-refractivity contribution in [2.45, 2.75) is 77.6 Å². The summed E-state index contributed by atoms with van der Waals surface area (Å²) in [4.78, 5) is 50.1. The molecule has 1 fully saturated rings. The first-order valence-corrected chi connectivity index (χ1v) is 16.9. The van der Waals surface area contributed by atoms with Crippen molar-refractivity contribution >= 4 is 23.9 Å². The number of amides is 5. The number of aryl methyl sites for hydroxylation is 2. The molecule has 1 aliphatic heterocycles. The highest BCUT2D eigenvalue weighted by Gasteiger charge is 2.35. The van der Waals surface area contributed by atoms with Gasteiger partial charge in [-0.25, -0.2) is 9.59 Å². The van der Waals surface area contributed by atoms with Crippen molar-refractivity contribution in [1.82, 2.24) is 20.9 Å². The van der Waals surface area contributed by atoms with Gasteiger partial charge in [0.15, 0.2) is 6.61 Å². The fourth-order valence-corrected chi connectivity index (χ4v) is 6.12. The van der Waals surface area contributed by atoms with E-state index in [2.05, 4.69) is 21.7 Å². The maximum atomic E-state index is 13.8. The van der Waals surface area contributed by atoms with Gasteiger partial charge in [0.05, 0.1) is 12.1 Å². The molecule has 7 N–H and O–H groups in total. The summed E-state index contributed by atoms with van der Waals surface area (Å²) >= 11 is 0. The Bertz CT molecular complexity index is 1510. The number of urea groups is 1. The minimum Gasteiger partial charge on any atom is -0.483 e. The number of benzene rings is 3. The third-order valence-electron chi connectivity index (χ3n) is 8.41. The predicted molar refractivity (Wildman–Crippen MR) is 192 cm³/mol. The van der Waals surface area contributed by atoms with Crippen molar-refractivity contribution < 1.29 is 34.1 Å². The van der Waals surface area contributed by atoms with E-state index in [1.165, 1.54) is 0 Å². The number of para-hydroxylation sites is 1. The van der Waals surface area contributed by atoms with Gasteiger partial charge in [0.2, 0.25) is 5.91 Å². The van der Waals surface area contributed by atoms with E-state index in [1.54, 1.807) is 4.90 Å². The molecule has 0 bridgehead atoms. The molecular weight excluding hydrogens is 638 g/mol. The van der Waals surface area contributed by atoms with E-state index >= 15 is 0 Å². The van der Waals surface area contributed by atoms with Gasteiger partial charge in [0.25, 0.3) is 5.91 Å². The van der Waals surface area contributed by atoms with Crippen LogP contribution in [0.15, 0.2) is 78.9 Å². The number of ether oxygens (including phenoxy) is 1. The van der Waals surface area contributed by atoms with E-state index in [0.717, 1.165) is 28.7 Å². The van der Waals surface area contributed by atoms with Crippen LogP contribution in [0.1, 0.15) is 48.9 Å². The fourth-order valence-electron chi connectivity index (χ4n) is 6.12. The Labute approximate surface area is 294 Å². The Morgan fingerprint density at radius 2 is 1.46 bits per heavy atom. The summed E-state index contributed by atoms with van der Waals surface area (Å²) < 4.78 is 5.90. The highest BCUT2D eigenvalue weighted by atomic mass is 16.5. The molecule has 0 radical (unpaired) electrons. The van der Waals surface area contributed by atoms with Crippen molar-refractivity contribution in [1.29, 1.82) is 0 Å². The topological polar surface area (TPSA) is 183 Å². The van der Waals surface area contributed by atoms with Crippen LogP contribution in [-0.2, 0) is 22.4 Å². The van der Waals surface area contributed by atoms with Crippen molar-refractivity contribution in [3.05, 3.63) is 101 Å². The van der Waals surface area contributed by atoms with Gasteiger partial charge in [0.1, 0.15) is 11.8 Å². The van der Waals surface area contributed by atoms with Crippen molar-refractivity contribution in [3.8, 4) is 5.75 Å². The average molecular weight is 690 g/mol. The van der Waals surface area contributed by atoms with Gasteiger partial charge in [-0.15, -0.1) is 0 Å². The van der Waals surface area contributed by atoms with Gasteiger partial charge < -0.3 is 41.5 Å². The first-order valence-electron chi connectivity index (χ1n) is 16.9. The van der Waals surface area contributed by atoms with Crippen LogP contribution in [0.5, 0.6) is 5.75 Å². The lowest BCUT2D eigenvalue weighted by Gasteiger charge is -2.37. The summed E-state index contributed by atoms with van der Waals surface area (Å²) in [6, 6.07) is 23.3. The van der Waals surface area contributed by atoms with Crippen LogP contribution in [0, 0.1) is 19.8 Å². The van der Waals surface area contributed by atoms with Gasteiger partial charge in [-0.05, 0) is 67.7 Å². The van der Waals surface area contributed by atoms with Crippen LogP contribution in [0.3, 0.4) is 0 Å². The molecule has 270 valence electrons. The number of nitrogens with two attached hydrogens (primary N) is 1. The number of nitrogens with one attached hydrogen (secondary N) is 3. The number of hydrogen-bond donors (Lipinski definition) is 6. The molecule has 1 heterocycles. The van der Waals surface area contributed by atoms with Crippen LogP contribution in [0.25, 0.3) is 0 Å². The molecule has 3 aromatic rings. The Balaban J connectivity index is 0.00000160. The van der Waals surface area contributed by atoms with Crippen molar-refractivity contribution in [3.63, 3.8) is 0 Å². The second kappa shape index (κ2) is 19.8. The number of hydrogen-bond acceptors (Lipinski definition) is 6. The lowest BCUT2D eigenvalue weighted by molar-refractivity contribution is -0.128. The molecule has 5 amide bonds. The lowest BCUT2D eigenvalue weighted by atomic mass is 9.92. The lowest BCUT2D eigenvalue weighted by Crippen LogP contribution is -2.59. The average Bonchev–Trinajstić information content (AvgIpc) is 3.06. The first kappa shape index (κ1) is 39.3. The molecule has 0 unspecified atom stereocenters. The van der Waals surface area contributed by atoms with Gasteiger partial charge in [0, 0.05) is 19.1 Å². The maximum Gasteiger partial charge on any atom is 0.402 e. The number of carbonyl (C=O) groups is 4. The van der Waals surface area contributed by atoms with Crippen LogP contribution in [0.2, 0.25) is 0 Å². The van der Waals surface area contributed by atoms with Gasteiger partial charge >= 0.3 is 12.1 Å².